The second-order valence-electron chi connectivity index (χ2n) is 6.19. The van der Waals surface area contributed by atoms with Gasteiger partial charge in [-0.2, -0.15) is 0 Å². The molecule has 3 N–H and O–H groups in total. The Morgan fingerprint density at radius 1 is 1.41 bits per heavy atom. The average molecular weight is 407 g/mol. The maximum atomic E-state index is 12.8. The lowest BCUT2D eigenvalue weighted by Gasteiger charge is -2.24. The molecule has 7 nitrogen and oxygen atoms in total. The molecule has 0 spiro atoms. The molecule has 3 rings (SSSR count). The van der Waals surface area contributed by atoms with Gasteiger partial charge < -0.3 is 15.6 Å². The van der Waals surface area contributed by atoms with Gasteiger partial charge in [0.05, 0.1) is 11.5 Å². The number of hydrogen-bond acceptors (Lipinski definition) is 5. The highest BCUT2D eigenvalue weighted by Crippen LogP contribution is 2.31. The van der Waals surface area contributed by atoms with Crippen molar-refractivity contribution in [3.05, 3.63) is 44.7 Å². The maximum absolute atomic E-state index is 12.8. The van der Waals surface area contributed by atoms with Gasteiger partial charge in [0, 0.05) is 22.9 Å². The standard InChI is InChI=1S/C18H19ClN4O3S/c1-3-7-27-18-22-15-14(17(26)23-18)10(8-13(24)21-15)16(25)20-12-6-4-5-11(19)9(12)2/h4-6,10H,3,7-8H2,1-2H3,(H,20,25)(H2,21,22,23,24,26)/t10-/m0/s1. The van der Waals surface area contributed by atoms with Crippen LogP contribution in [0.1, 0.15) is 36.8 Å². The quantitative estimate of drug-likeness (QED) is 0.522. The molecule has 2 amide bonds. The van der Waals surface area contributed by atoms with Crippen molar-refractivity contribution in [3.63, 3.8) is 0 Å². The molecule has 142 valence electrons. The van der Waals surface area contributed by atoms with Crippen LogP contribution < -0.4 is 16.2 Å². The Hall–Kier alpha value is -2.32. The van der Waals surface area contributed by atoms with Crippen molar-refractivity contribution in [1.29, 1.82) is 0 Å². The average Bonchev–Trinajstić information content (AvgIpc) is 2.62. The molecule has 0 aliphatic carbocycles. The highest BCUT2D eigenvalue weighted by Gasteiger charge is 2.35. The molecule has 2 heterocycles. The van der Waals surface area contributed by atoms with Gasteiger partial charge in [-0.05, 0) is 31.0 Å². The van der Waals surface area contributed by atoms with Crippen LogP contribution in [0.25, 0.3) is 0 Å². The van der Waals surface area contributed by atoms with E-state index in [1.807, 2.05) is 6.92 Å². The number of halogens is 1. The fraction of sp³-hybridized carbons (Fsp3) is 0.333. The third kappa shape index (κ3) is 4.17. The largest absolute Gasteiger partial charge is 0.325 e. The molecule has 0 radical (unpaired) electrons. The van der Waals surface area contributed by atoms with Gasteiger partial charge in [0.15, 0.2) is 5.16 Å². The summed E-state index contributed by atoms with van der Waals surface area (Å²) >= 11 is 7.48. The zero-order valence-electron chi connectivity index (χ0n) is 14.9. The molecule has 0 unspecified atom stereocenters. The number of nitrogens with zero attached hydrogens (tertiary/aromatic N) is 1. The third-order valence-corrected chi connectivity index (χ3v) is 5.70. The minimum Gasteiger partial charge on any atom is -0.325 e. The van der Waals surface area contributed by atoms with Gasteiger partial charge in [-0.15, -0.1) is 0 Å². The van der Waals surface area contributed by atoms with Crippen molar-refractivity contribution in [2.24, 2.45) is 0 Å². The first-order valence-electron chi connectivity index (χ1n) is 8.53. The zero-order chi connectivity index (χ0) is 19.6. The number of anilines is 2. The van der Waals surface area contributed by atoms with Gasteiger partial charge in [0.2, 0.25) is 11.8 Å². The van der Waals surface area contributed by atoms with Gasteiger partial charge in [-0.3, -0.25) is 14.4 Å². The van der Waals surface area contributed by atoms with Crippen LogP contribution in [0.2, 0.25) is 5.02 Å². The van der Waals surface area contributed by atoms with Crippen LogP contribution in [0, 0.1) is 6.92 Å². The molecule has 1 atom stereocenters. The van der Waals surface area contributed by atoms with Crippen LogP contribution in [0.3, 0.4) is 0 Å². The number of aromatic amines is 1. The van der Waals surface area contributed by atoms with Crippen LogP contribution in [-0.2, 0) is 9.59 Å². The second-order valence-corrected chi connectivity index (χ2v) is 7.68. The number of carbonyl (C=O) groups excluding carboxylic acids is 2. The second kappa shape index (κ2) is 8.14. The number of hydrogen-bond donors (Lipinski definition) is 3. The highest BCUT2D eigenvalue weighted by atomic mass is 35.5. The van der Waals surface area contributed by atoms with E-state index in [2.05, 4.69) is 20.6 Å². The summed E-state index contributed by atoms with van der Waals surface area (Å²) in [4.78, 5) is 44.5. The minimum atomic E-state index is -0.923. The molecule has 1 aliphatic rings. The van der Waals surface area contributed by atoms with E-state index in [1.54, 1.807) is 25.1 Å². The van der Waals surface area contributed by atoms with E-state index in [0.29, 0.717) is 21.4 Å². The van der Waals surface area contributed by atoms with Gasteiger partial charge >= 0.3 is 0 Å². The van der Waals surface area contributed by atoms with Crippen LogP contribution in [-0.4, -0.2) is 27.5 Å². The summed E-state index contributed by atoms with van der Waals surface area (Å²) in [5, 5.41) is 6.32. The van der Waals surface area contributed by atoms with Gasteiger partial charge in [-0.25, -0.2) is 4.98 Å². The number of fused-ring (bicyclic) bond motifs is 1. The topological polar surface area (TPSA) is 104 Å². The number of H-pyrrole nitrogens is 1. The highest BCUT2D eigenvalue weighted by molar-refractivity contribution is 7.99. The van der Waals surface area contributed by atoms with Crippen molar-refractivity contribution in [2.45, 2.75) is 37.8 Å². The molecule has 0 fully saturated rings. The smallest absolute Gasteiger partial charge is 0.257 e. The van der Waals surface area contributed by atoms with Gasteiger partial charge in [0.25, 0.3) is 5.56 Å². The molecular weight excluding hydrogens is 388 g/mol. The Bertz CT molecular complexity index is 960. The lowest BCUT2D eigenvalue weighted by Crippen LogP contribution is -2.36. The predicted octanol–water partition coefficient (Wildman–Crippen LogP) is 3.30. The summed E-state index contributed by atoms with van der Waals surface area (Å²) < 4.78 is 0. The van der Waals surface area contributed by atoms with Crippen molar-refractivity contribution < 1.29 is 9.59 Å². The molecule has 1 aliphatic heterocycles. The van der Waals surface area contributed by atoms with Crippen LogP contribution in [0.4, 0.5) is 11.5 Å². The summed E-state index contributed by atoms with van der Waals surface area (Å²) in [5.74, 6) is -0.786. The summed E-state index contributed by atoms with van der Waals surface area (Å²) in [6, 6.07) is 5.16. The first-order chi connectivity index (χ1) is 12.9. The molecule has 0 saturated heterocycles. The number of nitrogens with one attached hydrogen (secondary N) is 3. The third-order valence-electron chi connectivity index (χ3n) is 4.21. The van der Waals surface area contributed by atoms with Crippen molar-refractivity contribution in [1.82, 2.24) is 9.97 Å². The van der Waals surface area contributed by atoms with E-state index in [1.165, 1.54) is 11.8 Å². The Labute approximate surface area is 165 Å². The zero-order valence-corrected chi connectivity index (χ0v) is 16.5. The summed E-state index contributed by atoms with van der Waals surface area (Å²) in [7, 11) is 0. The van der Waals surface area contributed by atoms with Gasteiger partial charge in [-0.1, -0.05) is 36.4 Å². The number of rotatable bonds is 5. The van der Waals surface area contributed by atoms with E-state index in [4.69, 9.17) is 11.6 Å². The summed E-state index contributed by atoms with van der Waals surface area (Å²) in [6.45, 7) is 3.80. The normalized spacial score (nSPS) is 15.8. The van der Waals surface area contributed by atoms with Crippen molar-refractivity contribution in [2.75, 3.05) is 16.4 Å². The maximum Gasteiger partial charge on any atom is 0.257 e. The predicted molar refractivity (Wildman–Crippen MR) is 107 cm³/mol. The molecule has 0 saturated carbocycles. The lowest BCUT2D eigenvalue weighted by atomic mass is 9.92. The number of amides is 2. The Morgan fingerprint density at radius 3 is 2.93 bits per heavy atom. The van der Waals surface area contributed by atoms with Crippen LogP contribution in [0.5, 0.6) is 0 Å². The monoisotopic (exact) mass is 406 g/mol. The molecule has 27 heavy (non-hydrogen) atoms. The Balaban J connectivity index is 1.93. The first-order valence-corrected chi connectivity index (χ1v) is 9.90. The summed E-state index contributed by atoms with van der Waals surface area (Å²) in [6.07, 6.45) is 0.798. The van der Waals surface area contributed by atoms with E-state index in [-0.39, 0.29) is 23.7 Å². The van der Waals surface area contributed by atoms with E-state index < -0.39 is 17.4 Å². The molecule has 0 bridgehead atoms. The van der Waals surface area contributed by atoms with Crippen LogP contribution in [0.15, 0.2) is 28.2 Å². The SMILES string of the molecule is CCCSc1nc2c(c(=O)[nH]1)[C@@H](C(=O)Nc1cccc(Cl)c1C)CC(=O)N2. The molecule has 1 aromatic carbocycles. The lowest BCUT2D eigenvalue weighted by molar-refractivity contribution is -0.123. The number of benzene rings is 1. The Kier molecular flexibility index (Phi) is 5.86. The fourth-order valence-corrected chi connectivity index (χ4v) is 3.70. The molecule has 9 heteroatoms. The number of carbonyl (C=O) groups is 2. The van der Waals surface area contributed by atoms with E-state index in [9.17, 15) is 14.4 Å². The van der Waals surface area contributed by atoms with Crippen molar-refractivity contribution >= 4 is 46.7 Å². The Morgan fingerprint density at radius 2 is 2.19 bits per heavy atom. The number of aromatic nitrogens is 2. The molecular formula is C18H19ClN4O3S. The van der Waals surface area contributed by atoms with Crippen LogP contribution >= 0.6 is 23.4 Å². The van der Waals surface area contributed by atoms with E-state index >= 15 is 0 Å². The van der Waals surface area contributed by atoms with Gasteiger partial charge in [0.1, 0.15) is 5.82 Å². The molecule has 1 aromatic heterocycles. The minimum absolute atomic E-state index is 0.120. The fourth-order valence-electron chi connectivity index (χ4n) is 2.80. The molecule has 2 aromatic rings. The number of thioether (sulfide) groups is 1. The summed E-state index contributed by atoms with van der Waals surface area (Å²) in [5.41, 5.74) is 1.01. The van der Waals surface area contributed by atoms with Crippen molar-refractivity contribution in [3.8, 4) is 0 Å². The first kappa shape index (κ1) is 19.4. The van der Waals surface area contributed by atoms with E-state index in [0.717, 1.165) is 12.2 Å².